The lowest BCUT2D eigenvalue weighted by Crippen LogP contribution is -2.41. The fourth-order valence-corrected chi connectivity index (χ4v) is 2.15. The molecule has 2 N–H and O–H groups in total. The molecule has 1 unspecified atom stereocenters. The number of carbonyl (C=O) groups is 2. The van der Waals surface area contributed by atoms with Crippen molar-refractivity contribution < 1.29 is 23.8 Å². The first kappa shape index (κ1) is 16.3. The van der Waals surface area contributed by atoms with Gasteiger partial charge in [0.05, 0.1) is 6.61 Å². The molecule has 22 heavy (non-hydrogen) atoms. The van der Waals surface area contributed by atoms with Crippen molar-refractivity contribution in [1.82, 2.24) is 5.32 Å². The minimum Gasteiger partial charge on any atom is -0.491 e. The molecular formula is C16H20FNO4. The molecule has 5 nitrogen and oxygen atoms in total. The predicted molar refractivity (Wildman–Crippen MR) is 78.0 cm³/mol. The summed E-state index contributed by atoms with van der Waals surface area (Å²) in [6.45, 7) is 0.203. The van der Waals surface area contributed by atoms with Gasteiger partial charge in [-0.25, -0.2) is 9.18 Å². The van der Waals surface area contributed by atoms with Crippen LogP contribution in [0.15, 0.2) is 24.3 Å². The molecule has 1 fully saturated rings. The molecule has 0 bridgehead atoms. The van der Waals surface area contributed by atoms with Crippen LogP contribution in [0.1, 0.15) is 32.1 Å². The van der Waals surface area contributed by atoms with Crippen LogP contribution in [0.2, 0.25) is 0 Å². The van der Waals surface area contributed by atoms with Gasteiger partial charge in [0, 0.05) is 6.42 Å². The van der Waals surface area contributed by atoms with E-state index < -0.39 is 17.8 Å². The average Bonchev–Trinajstić information content (AvgIpc) is 3.28. The third-order valence-electron chi connectivity index (χ3n) is 3.54. The van der Waals surface area contributed by atoms with E-state index in [1.807, 2.05) is 0 Å². The van der Waals surface area contributed by atoms with Crippen molar-refractivity contribution >= 4 is 11.9 Å². The fraction of sp³-hybridized carbons (Fsp3) is 0.500. The summed E-state index contributed by atoms with van der Waals surface area (Å²) < 4.78 is 18.5. The molecule has 0 radical (unpaired) electrons. The third-order valence-corrected chi connectivity index (χ3v) is 3.54. The number of para-hydroxylation sites is 1. The van der Waals surface area contributed by atoms with Gasteiger partial charge in [0.1, 0.15) is 6.04 Å². The van der Waals surface area contributed by atoms with Crippen molar-refractivity contribution in [2.45, 2.75) is 38.1 Å². The topological polar surface area (TPSA) is 75.6 Å². The monoisotopic (exact) mass is 309 g/mol. The van der Waals surface area contributed by atoms with E-state index in [2.05, 4.69) is 5.32 Å². The summed E-state index contributed by atoms with van der Waals surface area (Å²) in [4.78, 5) is 22.8. The van der Waals surface area contributed by atoms with Crippen molar-refractivity contribution in [3.8, 4) is 5.75 Å². The second-order valence-corrected chi connectivity index (χ2v) is 5.52. The maximum absolute atomic E-state index is 13.3. The zero-order valence-electron chi connectivity index (χ0n) is 12.3. The normalized spacial score (nSPS) is 15.1. The number of carboxylic acid groups (broad SMARTS) is 1. The molecule has 1 saturated carbocycles. The van der Waals surface area contributed by atoms with Gasteiger partial charge in [0.15, 0.2) is 11.6 Å². The zero-order chi connectivity index (χ0) is 15.9. The molecule has 0 saturated heterocycles. The largest absolute Gasteiger partial charge is 0.491 e. The van der Waals surface area contributed by atoms with Gasteiger partial charge in [-0.1, -0.05) is 25.0 Å². The molecule has 1 aliphatic rings. The maximum Gasteiger partial charge on any atom is 0.326 e. The molecule has 0 heterocycles. The lowest BCUT2D eigenvalue weighted by Gasteiger charge is -2.14. The molecule has 0 spiro atoms. The first-order chi connectivity index (χ1) is 10.6. The maximum atomic E-state index is 13.3. The molecule has 120 valence electrons. The van der Waals surface area contributed by atoms with Crippen molar-refractivity contribution in [3.05, 3.63) is 30.1 Å². The van der Waals surface area contributed by atoms with Gasteiger partial charge in [-0.3, -0.25) is 4.79 Å². The van der Waals surface area contributed by atoms with Crippen molar-refractivity contribution in [2.24, 2.45) is 5.92 Å². The number of ether oxygens (including phenoxy) is 1. The minimum atomic E-state index is -0.997. The van der Waals surface area contributed by atoms with Crippen LogP contribution < -0.4 is 10.1 Å². The Balaban J connectivity index is 1.66. The van der Waals surface area contributed by atoms with Crippen LogP contribution in [0.4, 0.5) is 4.39 Å². The fourth-order valence-electron chi connectivity index (χ4n) is 2.15. The molecular weight excluding hydrogens is 289 g/mol. The second kappa shape index (κ2) is 7.77. The molecule has 1 aliphatic carbocycles. The highest BCUT2D eigenvalue weighted by molar-refractivity contribution is 5.83. The molecule has 6 heteroatoms. The number of hydrogen-bond donors (Lipinski definition) is 2. The number of nitrogens with one attached hydrogen (secondary N) is 1. The first-order valence-corrected chi connectivity index (χ1v) is 7.45. The van der Waals surface area contributed by atoms with Crippen molar-refractivity contribution in [3.63, 3.8) is 0 Å². The summed E-state index contributed by atoms with van der Waals surface area (Å²) in [6.07, 6.45) is 3.12. The lowest BCUT2D eigenvalue weighted by molar-refractivity contribution is -0.142. The van der Waals surface area contributed by atoms with E-state index in [1.165, 1.54) is 12.1 Å². The van der Waals surface area contributed by atoms with E-state index in [4.69, 9.17) is 9.84 Å². The minimum absolute atomic E-state index is 0.153. The number of rotatable bonds is 9. The SMILES string of the molecule is O=C(CCCOc1ccccc1F)NC(CC1CC1)C(=O)O. The lowest BCUT2D eigenvalue weighted by atomic mass is 10.1. The quantitative estimate of drug-likeness (QED) is 0.687. The number of benzene rings is 1. The summed E-state index contributed by atoms with van der Waals surface area (Å²) in [5.74, 6) is -1.18. The predicted octanol–water partition coefficient (Wildman–Crippen LogP) is 2.35. The molecule has 1 amide bonds. The highest BCUT2D eigenvalue weighted by Crippen LogP contribution is 2.33. The van der Waals surface area contributed by atoms with E-state index in [0.717, 1.165) is 12.8 Å². The van der Waals surface area contributed by atoms with Crippen LogP contribution in [-0.4, -0.2) is 29.6 Å². The summed E-state index contributed by atoms with van der Waals surface area (Å²) in [7, 11) is 0. The zero-order valence-corrected chi connectivity index (χ0v) is 12.3. The number of halogens is 1. The summed E-state index contributed by atoms with van der Waals surface area (Å²) in [6, 6.07) is 5.25. The number of carbonyl (C=O) groups excluding carboxylic acids is 1. The van der Waals surface area contributed by atoms with Gasteiger partial charge in [-0.05, 0) is 30.9 Å². The molecule has 0 aliphatic heterocycles. The number of aliphatic carboxylic acids is 1. The van der Waals surface area contributed by atoms with E-state index in [9.17, 15) is 14.0 Å². The van der Waals surface area contributed by atoms with Gasteiger partial charge < -0.3 is 15.2 Å². The van der Waals surface area contributed by atoms with Crippen LogP contribution in [-0.2, 0) is 9.59 Å². The molecule has 1 aromatic carbocycles. The van der Waals surface area contributed by atoms with Crippen LogP contribution in [0.3, 0.4) is 0 Å². The van der Waals surface area contributed by atoms with Gasteiger partial charge in [0.2, 0.25) is 5.91 Å². The highest BCUT2D eigenvalue weighted by Gasteiger charge is 2.29. The Kier molecular flexibility index (Phi) is 5.75. The van der Waals surface area contributed by atoms with Crippen LogP contribution >= 0.6 is 0 Å². The van der Waals surface area contributed by atoms with Gasteiger partial charge >= 0.3 is 5.97 Å². The average molecular weight is 309 g/mol. The highest BCUT2D eigenvalue weighted by atomic mass is 19.1. The van der Waals surface area contributed by atoms with Crippen LogP contribution in [0.5, 0.6) is 5.75 Å². The Morgan fingerprint density at radius 2 is 2.09 bits per heavy atom. The Hall–Kier alpha value is -2.11. The number of hydrogen-bond acceptors (Lipinski definition) is 3. The van der Waals surface area contributed by atoms with E-state index in [0.29, 0.717) is 18.8 Å². The Morgan fingerprint density at radius 1 is 1.36 bits per heavy atom. The van der Waals surface area contributed by atoms with Crippen LogP contribution in [0.25, 0.3) is 0 Å². The second-order valence-electron chi connectivity index (χ2n) is 5.52. The summed E-state index contributed by atoms with van der Waals surface area (Å²) in [5.41, 5.74) is 0. The van der Waals surface area contributed by atoms with Gasteiger partial charge in [-0.2, -0.15) is 0 Å². The van der Waals surface area contributed by atoms with E-state index in [1.54, 1.807) is 12.1 Å². The Labute approximate surface area is 128 Å². The van der Waals surface area contributed by atoms with E-state index in [-0.39, 0.29) is 24.7 Å². The Bertz CT molecular complexity index is 531. The molecule has 1 aromatic rings. The standard InChI is InChI=1S/C16H20FNO4/c17-12-4-1-2-5-14(12)22-9-3-6-15(19)18-13(16(20)21)10-11-7-8-11/h1-2,4-5,11,13H,3,6-10H2,(H,18,19)(H,20,21). The van der Waals surface area contributed by atoms with Crippen molar-refractivity contribution in [2.75, 3.05) is 6.61 Å². The smallest absolute Gasteiger partial charge is 0.326 e. The van der Waals surface area contributed by atoms with E-state index >= 15 is 0 Å². The third kappa shape index (κ3) is 5.35. The van der Waals surface area contributed by atoms with Crippen LogP contribution in [0, 0.1) is 11.7 Å². The Morgan fingerprint density at radius 3 is 2.73 bits per heavy atom. The first-order valence-electron chi connectivity index (χ1n) is 7.45. The molecule has 1 atom stereocenters. The summed E-state index contributed by atoms with van der Waals surface area (Å²) >= 11 is 0. The van der Waals surface area contributed by atoms with Gasteiger partial charge in [-0.15, -0.1) is 0 Å². The van der Waals surface area contributed by atoms with Crippen molar-refractivity contribution in [1.29, 1.82) is 0 Å². The molecule has 0 aromatic heterocycles. The summed E-state index contributed by atoms with van der Waals surface area (Å²) in [5, 5.41) is 11.6. The number of amides is 1. The molecule has 2 rings (SSSR count). The van der Waals surface area contributed by atoms with Gasteiger partial charge in [0.25, 0.3) is 0 Å². The number of carboxylic acids is 1.